The molecule has 3 rings (SSSR count). The number of hydrogen-bond acceptors (Lipinski definition) is 7. The van der Waals surface area contributed by atoms with Crippen LogP contribution in [0.2, 0.25) is 0 Å². The number of nitrogens with zero attached hydrogens (tertiary/aromatic N) is 2. The lowest BCUT2D eigenvalue weighted by Gasteiger charge is -2.21. The predicted octanol–water partition coefficient (Wildman–Crippen LogP) is 2.93. The third-order valence-corrected chi connectivity index (χ3v) is 7.31. The van der Waals surface area contributed by atoms with Crippen LogP contribution in [-0.4, -0.2) is 46.9 Å². The zero-order chi connectivity index (χ0) is 18.2. The minimum Gasteiger partial charge on any atom is -0.334 e. The molecule has 10 heteroatoms. The number of carbonyl (C=O) groups excluding carboxylic acids is 1. The maximum absolute atomic E-state index is 12.6. The van der Waals surface area contributed by atoms with E-state index in [1.54, 1.807) is 4.90 Å². The van der Waals surface area contributed by atoms with Gasteiger partial charge in [0.15, 0.2) is 0 Å². The van der Waals surface area contributed by atoms with E-state index in [-0.39, 0.29) is 18.1 Å². The van der Waals surface area contributed by atoms with Gasteiger partial charge in [-0.2, -0.15) is 8.42 Å². The molecule has 1 aromatic carbocycles. The van der Waals surface area contributed by atoms with E-state index in [1.165, 1.54) is 23.5 Å². The molecule has 0 bridgehead atoms. The lowest BCUT2D eigenvalue weighted by molar-refractivity contribution is -0.122. The fourth-order valence-electron chi connectivity index (χ4n) is 2.63. The number of anilines is 1. The van der Waals surface area contributed by atoms with Crippen molar-refractivity contribution in [2.45, 2.75) is 18.2 Å². The van der Waals surface area contributed by atoms with E-state index in [9.17, 15) is 13.2 Å². The van der Waals surface area contributed by atoms with E-state index in [2.05, 4.69) is 0 Å². The molecule has 134 valence electrons. The minimum absolute atomic E-state index is 0.118. The maximum Gasteiger partial charge on any atom is 0.268 e. The minimum atomic E-state index is -4.01. The Hall–Kier alpha value is -1.07. The molecule has 0 unspecified atom stereocenters. The average molecular weight is 417 g/mol. The average Bonchev–Trinajstić information content (AvgIpc) is 3.04. The zero-order valence-electron chi connectivity index (χ0n) is 13.3. The van der Waals surface area contributed by atoms with Gasteiger partial charge in [-0.1, -0.05) is 47.9 Å². The highest BCUT2D eigenvalue weighted by atomic mass is 32.2. The standard InChI is InChI=1S/C15H16N2O4S4/c1-2-16-13(18)12(24-15(16)22)14-17(8-5-9-25(19,20)21)10-6-3-4-7-11(10)23-14/h3-4,6-7H,2,5,8-9H2,1H3,(H,19,20,21). The van der Waals surface area contributed by atoms with Crippen LogP contribution >= 0.6 is 35.7 Å². The molecule has 1 fully saturated rings. The van der Waals surface area contributed by atoms with Gasteiger partial charge in [0.1, 0.15) is 14.3 Å². The van der Waals surface area contributed by atoms with Crippen molar-refractivity contribution >= 4 is 61.8 Å². The van der Waals surface area contributed by atoms with Crippen molar-refractivity contribution in [3.8, 4) is 0 Å². The Morgan fingerprint density at radius 1 is 1.20 bits per heavy atom. The van der Waals surface area contributed by atoms with Crippen LogP contribution in [0.25, 0.3) is 0 Å². The second-order valence-corrected chi connectivity index (χ2v) is 9.66. The summed E-state index contributed by atoms with van der Waals surface area (Å²) < 4.78 is 31.5. The van der Waals surface area contributed by atoms with E-state index in [1.807, 2.05) is 36.1 Å². The van der Waals surface area contributed by atoms with Crippen molar-refractivity contribution in [3.63, 3.8) is 0 Å². The molecule has 25 heavy (non-hydrogen) atoms. The number of thiocarbonyl (C=S) groups is 1. The molecule has 1 aromatic rings. The first kappa shape index (κ1) is 18.7. The molecule has 1 amide bonds. The zero-order valence-corrected chi connectivity index (χ0v) is 16.6. The van der Waals surface area contributed by atoms with Crippen LogP contribution in [-0.2, 0) is 14.9 Å². The van der Waals surface area contributed by atoms with Crippen molar-refractivity contribution < 1.29 is 17.8 Å². The number of likely N-dealkylation sites (N-methyl/N-ethyl adjacent to an activating group) is 1. The monoisotopic (exact) mass is 416 g/mol. The van der Waals surface area contributed by atoms with Gasteiger partial charge in [0, 0.05) is 18.0 Å². The summed E-state index contributed by atoms with van der Waals surface area (Å²) in [6.45, 7) is 2.77. The summed E-state index contributed by atoms with van der Waals surface area (Å²) in [5, 5.41) is 0.768. The van der Waals surface area contributed by atoms with E-state index < -0.39 is 10.1 Å². The van der Waals surface area contributed by atoms with Crippen LogP contribution in [0, 0.1) is 0 Å². The second-order valence-electron chi connectivity index (χ2n) is 5.41. The molecule has 0 atom stereocenters. The fraction of sp³-hybridized carbons (Fsp3) is 0.333. The highest BCUT2D eigenvalue weighted by Gasteiger charge is 2.38. The Morgan fingerprint density at radius 2 is 1.92 bits per heavy atom. The van der Waals surface area contributed by atoms with Crippen molar-refractivity contribution in [2.24, 2.45) is 0 Å². The van der Waals surface area contributed by atoms with Gasteiger partial charge in [-0.25, -0.2) is 0 Å². The Bertz CT molecular complexity index is 866. The van der Waals surface area contributed by atoms with Gasteiger partial charge in [-0.05, 0) is 25.5 Å². The molecular weight excluding hydrogens is 400 g/mol. The van der Waals surface area contributed by atoms with Gasteiger partial charge in [-0.15, -0.1) is 0 Å². The van der Waals surface area contributed by atoms with Gasteiger partial charge in [0.05, 0.1) is 11.4 Å². The second kappa shape index (κ2) is 7.28. The summed E-state index contributed by atoms with van der Waals surface area (Å²) in [6.07, 6.45) is 0.255. The molecule has 0 aliphatic carbocycles. The van der Waals surface area contributed by atoms with Gasteiger partial charge in [-0.3, -0.25) is 14.2 Å². The van der Waals surface area contributed by atoms with Gasteiger partial charge in [0.2, 0.25) is 0 Å². The van der Waals surface area contributed by atoms with Crippen molar-refractivity contribution in [1.29, 1.82) is 0 Å². The summed E-state index contributed by atoms with van der Waals surface area (Å²) in [5.41, 5.74) is 0.930. The normalized spacial score (nSPS) is 20.6. The van der Waals surface area contributed by atoms with Gasteiger partial charge in [0.25, 0.3) is 16.0 Å². The topological polar surface area (TPSA) is 77.9 Å². The lowest BCUT2D eigenvalue weighted by Crippen LogP contribution is -2.29. The molecule has 0 spiro atoms. The van der Waals surface area contributed by atoms with Crippen LogP contribution in [0.15, 0.2) is 39.1 Å². The number of thioether (sulfide) groups is 2. The van der Waals surface area contributed by atoms with Crippen LogP contribution in [0.3, 0.4) is 0 Å². The molecule has 0 aromatic heterocycles. The SMILES string of the molecule is CCN1C(=O)C(=C2Sc3ccccc3N2CCCS(=O)(=O)O)SC1=S. The van der Waals surface area contributed by atoms with E-state index in [0.29, 0.717) is 22.3 Å². The first-order valence-electron chi connectivity index (χ1n) is 7.59. The molecule has 2 aliphatic heterocycles. The van der Waals surface area contributed by atoms with Gasteiger partial charge < -0.3 is 4.90 Å². The number of rotatable bonds is 5. The molecule has 1 saturated heterocycles. The third-order valence-electron chi connectivity index (χ3n) is 3.75. The molecule has 2 heterocycles. The third kappa shape index (κ3) is 3.87. The smallest absolute Gasteiger partial charge is 0.268 e. The molecule has 2 aliphatic rings. The van der Waals surface area contributed by atoms with Crippen LogP contribution in [0.4, 0.5) is 5.69 Å². The Morgan fingerprint density at radius 3 is 2.56 bits per heavy atom. The van der Waals surface area contributed by atoms with Crippen molar-refractivity contribution in [2.75, 3.05) is 23.7 Å². The number of para-hydroxylation sites is 1. The van der Waals surface area contributed by atoms with Gasteiger partial charge >= 0.3 is 0 Å². The lowest BCUT2D eigenvalue weighted by atomic mass is 10.3. The van der Waals surface area contributed by atoms with Crippen LogP contribution < -0.4 is 4.90 Å². The summed E-state index contributed by atoms with van der Waals surface area (Å²) in [5.74, 6) is -0.438. The summed E-state index contributed by atoms with van der Waals surface area (Å²) in [6, 6.07) is 7.71. The Kier molecular flexibility index (Phi) is 5.45. The van der Waals surface area contributed by atoms with Crippen LogP contribution in [0.1, 0.15) is 13.3 Å². The molecule has 0 radical (unpaired) electrons. The summed E-state index contributed by atoms with van der Waals surface area (Å²) in [7, 11) is -4.01. The number of hydrogen-bond donors (Lipinski definition) is 1. The summed E-state index contributed by atoms with van der Waals surface area (Å²) in [4.78, 5) is 17.7. The predicted molar refractivity (Wildman–Crippen MR) is 105 cm³/mol. The van der Waals surface area contributed by atoms with Crippen molar-refractivity contribution in [1.82, 2.24) is 4.90 Å². The highest BCUT2D eigenvalue weighted by Crippen LogP contribution is 2.50. The number of fused-ring (bicyclic) bond motifs is 1. The Balaban J connectivity index is 1.94. The number of carbonyl (C=O) groups is 1. The van der Waals surface area contributed by atoms with Crippen molar-refractivity contribution in [3.05, 3.63) is 34.2 Å². The Labute approximate surface area is 160 Å². The fourth-order valence-corrected chi connectivity index (χ4v) is 5.85. The first-order valence-corrected chi connectivity index (χ1v) is 11.2. The number of benzene rings is 1. The van der Waals surface area contributed by atoms with E-state index in [4.69, 9.17) is 16.8 Å². The molecular formula is C15H16N2O4S4. The number of amides is 1. The van der Waals surface area contributed by atoms with E-state index in [0.717, 1.165) is 15.6 Å². The molecule has 6 nitrogen and oxygen atoms in total. The summed E-state index contributed by atoms with van der Waals surface area (Å²) >= 11 is 8.04. The van der Waals surface area contributed by atoms with Crippen LogP contribution in [0.5, 0.6) is 0 Å². The highest BCUT2D eigenvalue weighted by molar-refractivity contribution is 8.27. The molecule has 0 saturated carbocycles. The largest absolute Gasteiger partial charge is 0.334 e. The molecule has 1 N–H and O–H groups in total. The van der Waals surface area contributed by atoms with E-state index >= 15 is 0 Å². The maximum atomic E-state index is 12.6. The first-order chi connectivity index (χ1) is 11.8. The quantitative estimate of drug-likeness (QED) is 0.446.